The van der Waals surface area contributed by atoms with E-state index < -0.39 is 31.4 Å². The average Bonchev–Trinajstić information content (AvgIpc) is 3.20. The van der Waals surface area contributed by atoms with Gasteiger partial charge in [0, 0.05) is 6.54 Å². The number of hydrogen-bond donors (Lipinski definition) is 2. The second kappa shape index (κ2) is 10.5. The molecule has 37 heavy (non-hydrogen) atoms. The molecule has 2 saturated heterocycles. The fourth-order valence-corrected chi connectivity index (χ4v) is 6.88. The molecule has 8 nitrogen and oxygen atoms in total. The van der Waals surface area contributed by atoms with Crippen LogP contribution in [0.15, 0.2) is 91.0 Å². The van der Waals surface area contributed by atoms with Gasteiger partial charge in [-0.3, -0.25) is 14.3 Å². The van der Waals surface area contributed by atoms with Crippen molar-refractivity contribution >= 4 is 19.6 Å². The third-order valence-electron chi connectivity index (χ3n) is 7.17. The summed E-state index contributed by atoms with van der Waals surface area (Å²) in [6, 6.07) is 26.4. The maximum atomic E-state index is 14.1. The van der Waals surface area contributed by atoms with E-state index in [1.165, 1.54) is 9.80 Å². The van der Waals surface area contributed by atoms with Gasteiger partial charge in [-0.1, -0.05) is 91.0 Å². The van der Waals surface area contributed by atoms with E-state index >= 15 is 0 Å². The quantitative estimate of drug-likeness (QED) is 0.469. The van der Waals surface area contributed by atoms with Crippen molar-refractivity contribution < 1.29 is 28.7 Å². The summed E-state index contributed by atoms with van der Waals surface area (Å²) in [5, 5.41) is 0. The van der Waals surface area contributed by atoms with Gasteiger partial charge in [0.2, 0.25) is 5.91 Å². The van der Waals surface area contributed by atoms with Gasteiger partial charge in [-0.25, -0.2) is 4.79 Å². The van der Waals surface area contributed by atoms with Gasteiger partial charge >= 0.3 is 13.7 Å². The monoisotopic (exact) mass is 520 g/mol. The van der Waals surface area contributed by atoms with E-state index in [9.17, 15) is 23.9 Å². The molecule has 0 radical (unpaired) electrons. The second-order valence-corrected chi connectivity index (χ2v) is 11.2. The zero-order valence-corrected chi connectivity index (χ0v) is 21.1. The van der Waals surface area contributed by atoms with Crippen LogP contribution >= 0.6 is 7.60 Å². The van der Waals surface area contributed by atoms with E-state index in [4.69, 9.17) is 4.74 Å². The minimum absolute atomic E-state index is 0.0295. The minimum atomic E-state index is -4.82. The fourth-order valence-electron chi connectivity index (χ4n) is 5.57. The first-order chi connectivity index (χ1) is 17.8. The average molecular weight is 521 g/mol. The SMILES string of the molecule is O=C(C(c1ccccc1)c1ccccc1)N1C[C@@H]2CC[C@H](C1P(=O)(O)O)N2C(=O)OCc1ccccc1. The molecule has 2 N–H and O–H groups in total. The van der Waals surface area contributed by atoms with Crippen molar-refractivity contribution in [1.82, 2.24) is 9.80 Å². The molecule has 2 aliphatic rings. The number of piperazine rings is 1. The third kappa shape index (κ3) is 5.18. The Morgan fingerprint density at radius 1 is 0.865 bits per heavy atom. The van der Waals surface area contributed by atoms with E-state index in [0.29, 0.717) is 12.8 Å². The molecule has 3 aromatic rings. The molecule has 1 unspecified atom stereocenters. The van der Waals surface area contributed by atoms with Crippen molar-refractivity contribution in [3.8, 4) is 0 Å². The molecule has 2 heterocycles. The van der Waals surface area contributed by atoms with Gasteiger partial charge in [0.05, 0.1) is 18.0 Å². The Morgan fingerprint density at radius 3 is 1.95 bits per heavy atom. The van der Waals surface area contributed by atoms with Crippen LogP contribution in [-0.2, 0) is 20.7 Å². The Morgan fingerprint density at radius 2 is 1.41 bits per heavy atom. The summed E-state index contributed by atoms with van der Waals surface area (Å²) in [5.74, 6) is -2.56. The summed E-state index contributed by atoms with van der Waals surface area (Å²) < 4.78 is 18.4. The van der Waals surface area contributed by atoms with Gasteiger partial charge in [0.15, 0.2) is 5.78 Å². The molecule has 2 aliphatic heterocycles. The van der Waals surface area contributed by atoms with Crippen molar-refractivity contribution in [2.24, 2.45) is 0 Å². The highest BCUT2D eigenvalue weighted by atomic mass is 31.2. The van der Waals surface area contributed by atoms with E-state index in [2.05, 4.69) is 0 Å². The summed E-state index contributed by atoms with van der Waals surface area (Å²) in [4.78, 5) is 50.9. The topological polar surface area (TPSA) is 107 Å². The van der Waals surface area contributed by atoms with Crippen LogP contribution in [0.25, 0.3) is 0 Å². The molecule has 3 aromatic carbocycles. The highest BCUT2D eigenvalue weighted by Gasteiger charge is 2.57. The van der Waals surface area contributed by atoms with Gasteiger partial charge in [0.1, 0.15) is 6.61 Å². The number of fused-ring (bicyclic) bond motifs is 2. The van der Waals surface area contributed by atoms with Crippen molar-refractivity contribution in [2.75, 3.05) is 6.54 Å². The molecule has 5 rings (SSSR count). The molecule has 0 saturated carbocycles. The molecule has 2 amide bonds. The van der Waals surface area contributed by atoms with Gasteiger partial charge in [-0.15, -0.1) is 0 Å². The highest BCUT2D eigenvalue weighted by Crippen LogP contribution is 2.52. The van der Waals surface area contributed by atoms with Crippen molar-refractivity contribution in [3.05, 3.63) is 108 Å². The van der Waals surface area contributed by atoms with Crippen LogP contribution < -0.4 is 0 Å². The van der Waals surface area contributed by atoms with Crippen molar-refractivity contribution in [1.29, 1.82) is 0 Å². The lowest BCUT2D eigenvalue weighted by Gasteiger charge is -2.47. The summed E-state index contributed by atoms with van der Waals surface area (Å²) >= 11 is 0. The van der Waals surface area contributed by atoms with E-state index in [0.717, 1.165) is 16.7 Å². The molecular formula is C28H29N2O6P. The number of rotatable bonds is 6. The van der Waals surface area contributed by atoms with Gasteiger partial charge in [0.25, 0.3) is 0 Å². The van der Waals surface area contributed by atoms with E-state index in [1.54, 1.807) is 0 Å². The predicted molar refractivity (Wildman–Crippen MR) is 138 cm³/mol. The number of carbonyl (C=O) groups is 2. The molecule has 2 bridgehead atoms. The van der Waals surface area contributed by atoms with Crippen LogP contribution in [0.4, 0.5) is 4.79 Å². The molecular weight excluding hydrogens is 491 g/mol. The predicted octanol–water partition coefficient (Wildman–Crippen LogP) is 4.33. The summed E-state index contributed by atoms with van der Waals surface area (Å²) in [6.07, 6.45) is 0.295. The van der Waals surface area contributed by atoms with Crippen LogP contribution in [0.3, 0.4) is 0 Å². The third-order valence-corrected chi connectivity index (χ3v) is 8.49. The maximum absolute atomic E-state index is 14.1. The number of nitrogens with zero attached hydrogens (tertiary/aromatic N) is 2. The van der Waals surface area contributed by atoms with Crippen LogP contribution in [0.1, 0.15) is 35.4 Å². The summed E-state index contributed by atoms with van der Waals surface area (Å²) in [5.41, 5.74) is 2.29. The first kappa shape index (κ1) is 25.2. The molecule has 192 valence electrons. The molecule has 9 heteroatoms. The van der Waals surface area contributed by atoms with E-state index in [1.807, 2.05) is 91.0 Å². The zero-order chi connectivity index (χ0) is 26.0. The van der Waals surface area contributed by atoms with Crippen LogP contribution in [0.5, 0.6) is 0 Å². The van der Waals surface area contributed by atoms with Crippen LogP contribution in [0.2, 0.25) is 0 Å². The molecule has 0 aromatic heterocycles. The molecule has 0 spiro atoms. The zero-order valence-electron chi connectivity index (χ0n) is 20.2. The maximum Gasteiger partial charge on any atom is 0.410 e. The second-order valence-electron chi connectivity index (χ2n) is 9.49. The number of ether oxygens (including phenoxy) is 1. The number of benzene rings is 3. The number of likely N-dealkylation sites (tertiary alicyclic amines) is 1. The molecule has 0 aliphatic carbocycles. The smallest absolute Gasteiger partial charge is 0.410 e. The standard InChI is InChI=1S/C28H29N2O6P/c31-26(25(21-12-6-2-7-13-21)22-14-8-3-9-15-22)29-18-23-16-17-24(27(29)37(33,34)35)30(23)28(32)36-19-20-10-4-1-5-11-20/h1-15,23-25,27H,16-19H2,(H2,33,34,35)/t23-,24+,27?/m0/s1. The van der Waals surface area contributed by atoms with E-state index in [-0.39, 0.29) is 25.1 Å². The molecule has 3 atom stereocenters. The normalized spacial score (nSPS) is 21.2. The largest absolute Gasteiger partial charge is 0.445 e. The summed E-state index contributed by atoms with van der Waals surface area (Å²) in [7, 11) is -4.82. The first-order valence-electron chi connectivity index (χ1n) is 12.3. The van der Waals surface area contributed by atoms with Crippen molar-refractivity contribution in [3.63, 3.8) is 0 Å². The van der Waals surface area contributed by atoms with Gasteiger partial charge < -0.3 is 19.4 Å². The lowest BCUT2D eigenvalue weighted by atomic mass is 9.89. The van der Waals surface area contributed by atoms with Gasteiger partial charge in [-0.2, -0.15) is 0 Å². The summed E-state index contributed by atoms with van der Waals surface area (Å²) in [6.45, 7) is 0.0879. The minimum Gasteiger partial charge on any atom is -0.445 e. The number of amides is 2. The highest BCUT2D eigenvalue weighted by molar-refractivity contribution is 7.52. The van der Waals surface area contributed by atoms with Crippen molar-refractivity contribution in [2.45, 2.75) is 43.2 Å². The lowest BCUT2D eigenvalue weighted by molar-refractivity contribution is -0.137. The van der Waals surface area contributed by atoms with Gasteiger partial charge in [-0.05, 0) is 29.5 Å². The number of hydrogen-bond acceptors (Lipinski definition) is 4. The molecule has 2 fully saturated rings. The van der Waals surface area contributed by atoms with Crippen LogP contribution in [0, 0.1) is 0 Å². The lowest BCUT2D eigenvalue weighted by Crippen LogP contribution is -2.63. The Labute approximate surface area is 215 Å². The Balaban J connectivity index is 1.44. The Bertz CT molecular complexity index is 1240. The van der Waals surface area contributed by atoms with Crippen LogP contribution in [-0.4, -0.2) is 56.0 Å². The number of carbonyl (C=O) groups excluding carboxylic acids is 2. The Kier molecular flexibility index (Phi) is 7.15. The first-order valence-corrected chi connectivity index (χ1v) is 14.0. The fraction of sp³-hybridized carbons (Fsp3) is 0.286. The Hall–Kier alpha value is -3.45.